The van der Waals surface area contributed by atoms with Gasteiger partial charge < -0.3 is 19.7 Å². The molecule has 3 rings (SSSR count). The number of nitrogens with zero attached hydrogens (tertiary/aromatic N) is 1. The molecule has 0 spiro atoms. The van der Waals surface area contributed by atoms with Crippen molar-refractivity contribution in [2.24, 2.45) is 0 Å². The molecule has 1 saturated heterocycles. The lowest BCUT2D eigenvalue weighted by molar-refractivity contribution is -0.127. The number of hydrogen-bond donors (Lipinski definition) is 1. The summed E-state index contributed by atoms with van der Waals surface area (Å²) in [5, 5.41) is 2.94. The fourth-order valence-corrected chi connectivity index (χ4v) is 3.23. The van der Waals surface area contributed by atoms with Crippen molar-refractivity contribution in [1.82, 2.24) is 10.2 Å². The van der Waals surface area contributed by atoms with E-state index in [0.717, 1.165) is 11.1 Å². The van der Waals surface area contributed by atoms with E-state index in [1.807, 2.05) is 37.3 Å². The Balaban J connectivity index is 1.72. The van der Waals surface area contributed by atoms with Gasteiger partial charge in [-0.15, -0.1) is 0 Å². The molecule has 6 nitrogen and oxygen atoms in total. The molecule has 1 N–H and O–H groups in total. The maximum Gasteiger partial charge on any atom is 0.251 e. The first-order valence-electron chi connectivity index (χ1n) is 8.96. The van der Waals surface area contributed by atoms with E-state index >= 15 is 0 Å². The molecular weight excluding hydrogens is 344 g/mol. The van der Waals surface area contributed by atoms with Gasteiger partial charge in [0.15, 0.2) is 0 Å². The molecule has 0 unspecified atom stereocenters. The van der Waals surface area contributed by atoms with E-state index in [4.69, 9.17) is 9.47 Å². The van der Waals surface area contributed by atoms with Crippen molar-refractivity contribution in [3.05, 3.63) is 48.0 Å². The van der Waals surface area contributed by atoms with Crippen LogP contribution in [-0.4, -0.2) is 50.1 Å². The summed E-state index contributed by atoms with van der Waals surface area (Å²) in [4.78, 5) is 26.0. The SMILES string of the molecule is CCN1C[C@H](NC(=O)c2ccc(-c3cc(OC)cc(OC)c3)cc2)CC1=O. The van der Waals surface area contributed by atoms with E-state index in [-0.39, 0.29) is 17.9 Å². The summed E-state index contributed by atoms with van der Waals surface area (Å²) < 4.78 is 10.6. The predicted octanol–water partition coefficient (Wildman–Crippen LogP) is 2.72. The second-order valence-corrected chi connectivity index (χ2v) is 6.49. The maximum absolute atomic E-state index is 12.5. The standard InChI is InChI=1S/C21H24N2O4/c1-4-23-13-17(11-20(23)24)22-21(25)15-7-5-14(6-8-15)16-9-18(26-2)12-19(10-16)27-3/h5-10,12,17H,4,11,13H2,1-3H3,(H,22,25)/t17-/m1/s1. The summed E-state index contributed by atoms with van der Waals surface area (Å²) in [7, 11) is 3.22. The zero-order valence-corrected chi connectivity index (χ0v) is 15.8. The number of likely N-dealkylation sites (tertiary alicyclic amines) is 1. The second-order valence-electron chi connectivity index (χ2n) is 6.49. The molecule has 142 valence electrons. The first-order valence-corrected chi connectivity index (χ1v) is 8.96. The van der Waals surface area contributed by atoms with Crippen LogP contribution in [0.2, 0.25) is 0 Å². The Morgan fingerprint density at radius 3 is 2.22 bits per heavy atom. The molecular formula is C21H24N2O4. The zero-order valence-electron chi connectivity index (χ0n) is 15.8. The van der Waals surface area contributed by atoms with Gasteiger partial charge >= 0.3 is 0 Å². The topological polar surface area (TPSA) is 67.9 Å². The Kier molecular flexibility index (Phi) is 5.64. The van der Waals surface area contributed by atoms with E-state index in [2.05, 4.69) is 5.32 Å². The van der Waals surface area contributed by atoms with Crippen molar-refractivity contribution in [1.29, 1.82) is 0 Å². The Labute approximate surface area is 159 Å². The number of benzene rings is 2. The van der Waals surface area contributed by atoms with Gasteiger partial charge in [-0.3, -0.25) is 9.59 Å². The van der Waals surface area contributed by atoms with Crippen LogP contribution in [0.4, 0.5) is 0 Å². The van der Waals surface area contributed by atoms with Crippen LogP contribution in [0.15, 0.2) is 42.5 Å². The monoisotopic (exact) mass is 368 g/mol. The summed E-state index contributed by atoms with van der Waals surface area (Å²) in [6.07, 6.45) is 0.362. The number of ether oxygens (including phenoxy) is 2. The molecule has 1 fully saturated rings. The Morgan fingerprint density at radius 1 is 1.07 bits per heavy atom. The van der Waals surface area contributed by atoms with Crippen molar-refractivity contribution in [3.8, 4) is 22.6 Å². The molecule has 0 saturated carbocycles. The van der Waals surface area contributed by atoms with E-state index in [1.54, 1.807) is 31.3 Å². The lowest BCUT2D eigenvalue weighted by atomic mass is 10.0. The third kappa shape index (κ3) is 4.22. The molecule has 1 aliphatic heterocycles. The van der Waals surface area contributed by atoms with Gasteiger partial charge in [0.1, 0.15) is 11.5 Å². The first-order chi connectivity index (χ1) is 13.0. The highest BCUT2D eigenvalue weighted by atomic mass is 16.5. The molecule has 1 aliphatic rings. The fourth-order valence-electron chi connectivity index (χ4n) is 3.23. The third-order valence-corrected chi connectivity index (χ3v) is 4.76. The maximum atomic E-state index is 12.5. The number of nitrogens with one attached hydrogen (secondary N) is 1. The van der Waals surface area contributed by atoms with E-state index in [0.29, 0.717) is 36.6 Å². The number of rotatable bonds is 6. The highest BCUT2D eigenvalue weighted by Crippen LogP contribution is 2.29. The zero-order chi connectivity index (χ0) is 19.4. The van der Waals surface area contributed by atoms with Crippen LogP contribution >= 0.6 is 0 Å². The minimum absolute atomic E-state index is 0.0881. The van der Waals surface area contributed by atoms with Crippen LogP contribution in [0.3, 0.4) is 0 Å². The van der Waals surface area contributed by atoms with Crippen LogP contribution in [0.5, 0.6) is 11.5 Å². The number of hydrogen-bond acceptors (Lipinski definition) is 4. The Bertz CT molecular complexity index is 810. The highest BCUT2D eigenvalue weighted by Gasteiger charge is 2.29. The van der Waals surface area contributed by atoms with Gasteiger partial charge in [-0.1, -0.05) is 12.1 Å². The molecule has 6 heteroatoms. The number of methoxy groups -OCH3 is 2. The average molecular weight is 368 g/mol. The molecule has 2 aromatic carbocycles. The van der Waals surface area contributed by atoms with Crippen LogP contribution in [0, 0.1) is 0 Å². The van der Waals surface area contributed by atoms with Crippen molar-refractivity contribution in [3.63, 3.8) is 0 Å². The minimum atomic E-state index is -0.166. The van der Waals surface area contributed by atoms with E-state index in [9.17, 15) is 9.59 Å². The highest BCUT2D eigenvalue weighted by molar-refractivity contribution is 5.95. The number of likely N-dealkylation sites (N-methyl/N-ethyl adjacent to an activating group) is 1. The van der Waals surface area contributed by atoms with Gasteiger partial charge in [0.2, 0.25) is 5.91 Å². The lowest BCUT2D eigenvalue weighted by Crippen LogP contribution is -2.37. The van der Waals surface area contributed by atoms with Gasteiger partial charge in [-0.2, -0.15) is 0 Å². The van der Waals surface area contributed by atoms with Gasteiger partial charge in [-0.05, 0) is 42.3 Å². The number of carbonyl (C=O) groups is 2. The quantitative estimate of drug-likeness (QED) is 0.851. The Morgan fingerprint density at radius 2 is 1.70 bits per heavy atom. The van der Waals surface area contributed by atoms with Crippen molar-refractivity contribution in [2.45, 2.75) is 19.4 Å². The largest absolute Gasteiger partial charge is 0.497 e. The number of amides is 2. The minimum Gasteiger partial charge on any atom is -0.497 e. The smallest absolute Gasteiger partial charge is 0.251 e. The van der Waals surface area contributed by atoms with E-state index in [1.165, 1.54) is 0 Å². The van der Waals surface area contributed by atoms with Crippen molar-refractivity contribution in [2.75, 3.05) is 27.3 Å². The van der Waals surface area contributed by atoms with Crippen molar-refractivity contribution >= 4 is 11.8 Å². The molecule has 0 aromatic heterocycles. The summed E-state index contributed by atoms with van der Waals surface area (Å²) in [6, 6.07) is 12.9. The van der Waals surface area contributed by atoms with Crippen LogP contribution in [0.1, 0.15) is 23.7 Å². The third-order valence-electron chi connectivity index (χ3n) is 4.76. The van der Waals surface area contributed by atoms with Gasteiger partial charge in [0.25, 0.3) is 5.91 Å². The van der Waals surface area contributed by atoms with Crippen LogP contribution in [0.25, 0.3) is 11.1 Å². The van der Waals surface area contributed by atoms with Crippen molar-refractivity contribution < 1.29 is 19.1 Å². The van der Waals surface area contributed by atoms with Crippen LogP contribution in [-0.2, 0) is 4.79 Å². The summed E-state index contributed by atoms with van der Waals surface area (Å²) in [5.41, 5.74) is 2.46. The predicted molar refractivity (Wildman–Crippen MR) is 103 cm³/mol. The molecule has 27 heavy (non-hydrogen) atoms. The average Bonchev–Trinajstić information content (AvgIpc) is 3.06. The summed E-state index contributed by atoms with van der Waals surface area (Å²) >= 11 is 0. The summed E-state index contributed by atoms with van der Waals surface area (Å²) in [5.74, 6) is 1.33. The molecule has 2 aromatic rings. The fraction of sp³-hybridized carbons (Fsp3) is 0.333. The molecule has 0 radical (unpaired) electrons. The second kappa shape index (κ2) is 8.12. The van der Waals surface area contributed by atoms with Gasteiger partial charge in [0, 0.05) is 31.1 Å². The summed E-state index contributed by atoms with van der Waals surface area (Å²) in [6.45, 7) is 3.18. The molecule has 0 aliphatic carbocycles. The molecule has 1 atom stereocenters. The van der Waals surface area contributed by atoms with E-state index < -0.39 is 0 Å². The number of carbonyl (C=O) groups excluding carboxylic acids is 2. The lowest BCUT2D eigenvalue weighted by Gasteiger charge is -2.15. The van der Waals surface area contributed by atoms with Gasteiger partial charge in [-0.25, -0.2) is 0 Å². The normalized spacial score (nSPS) is 16.3. The van der Waals surface area contributed by atoms with Crippen LogP contribution < -0.4 is 14.8 Å². The first kappa shape index (κ1) is 18.8. The molecule has 0 bridgehead atoms. The molecule has 2 amide bonds. The molecule has 1 heterocycles. The Hall–Kier alpha value is -3.02. The van der Waals surface area contributed by atoms with Gasteiger partial charge in [0.05, 0.1) is 20.3 Å².